The Morgan fingerprint density at radius 2 is 1.89 bits per heavy atom. The van der Waals surface area contributed by atoms with E-state index in [1.165, 1.54) is 0 Å². The Morgan fingerprint density at radius 3 is 2.56 bits per heavy atom. The van der Waals surface area contributed by atoms with Crippen LogP contribution in [0.5, 0.6) is 5.75 Å². The van der Waals surface area contributed by atoms with Crippen molar-refractivity contribution < 1.29 is 14.1 Å². The van der Waals surface area contributed by atoms with Crippen molar-refractivity contribution in [3.63, 3.8) is 0 Å². The predicted octanol–water partition coefficient (Wildman–Crippen LogP) is 2.95. The maximum absolute atomic E-state index is 12.6. The second kappa shape index (κ2) is 8.35. The van der Waals surface area contributed by atoms with Crippen molar-refractivity contribution in [2.75, 3.05) is 19.0 Å². The van der Waals surface area contributed by atoms with E-state index in [2.05, 4.69) is 15.5 Å². The van der Waals surface area contributed by atoms with Gasteiger partial charge in [-0.2, -0.15) is 4.98 Å². The normalized spacial score (nSPS) is 10.5. The highest BCUT2D eigenvalue weighted by molar-refractivity contribution is 5.96. The highest BCUT2D eigenvalue weighted by atomic mass is 16.5. The highest BCUT2D eigenvalue weighted by Gasteiger charge is 2.13. The number of amides is 1. The van der Waals surface area contributed by atoms with E-state index in [9.17, 15) is 4.79 Å². The number of ether oxygens (including phenoxy) is 1. The largest absolute Gasteiger partial charge is 0.485 e. The van der Waals surface area contributed by atoms with Gasteiger partial charge in [-0.15, -0.1) is 0 Å². The van der Waals surface area contributed by atoms with Crippen molar-refractivity contribution >= 4 is 11.6 Å². The SMILES string of the molecule is Cc1nc(COc2ccccc2C(=O)NCc2ccc(N(C)C)cc2)no1. The van der Waals surface area contributed by atoms with Gasteiger partial charge in [-0.3, -0.25) is 4.79 Å². The molecule has 1 amide bonds. The maximum atomic E-state index is 12.6. The highest BCUT2D eigenvalue weighted by Crippen LogP contribution is 2.19. The maximum Gasteiger partial charge on any atom is 0.255 e. The molecule has 0 aliphatic rings. The molecule has 140 valence electrons. The molecule has 3 aromatic rings. The molecule has 1 N–H and O–H groups in total. The lowest BCUT2D eigenvalue weighted by Gasteiger charge is -2.13. The minimum atomic E-state index is -0.202. The summed E-state index contributed by atoms with van der Waals surface area (Å²) in [5.41, 5.74) is 2.60. The summed E-state index contributed by atoms with van der Waals surface area (Å²) in [4.78, 5) is 18.7. The quantitative estimate of drug-likeness (QED) is 0.692. The van der Waals surface area contributed by atoms with Crippen molar-refractivity contribution in [3.05, 3.63) is 71.4 Å². The average Bonchev–Trinajstić information content (AvgIpc) is 3.10. The smallest absolute Gasteiger partial charge is 0.255 e. The monoisotopic (exact) mass is 366 g/mol. The first-order chi connectivity index (χ1) is 13.0. The van der Waals surface area contributed by atoms with Gasteiger partial charge in [0.15, 0.2) is 6.61 Å². The Kier molecular flexibility index (Phi) is 5.71. The first-order valence-electron chi connectivity index (χ1n) is 8.58. The van der Waals surface area contributed by atoms with Crippen molar-refractivity contribution in [1.29, 1.82) is 0 Å². The number of aromatic nitrogens is 2. The number of hydrogen-bond acceptors (Lipinski definition) is 6. The van der Waals surface area contributed by atoms with Crippen LogP contribution in [-0.4, -0.2) is 30.1 Å². The lowest BCUT2D eigenvalue weighted by atomic mass is 10.1. The number of anilines is 1. The van der Waals surface area contributed by atoms with Crippen molar-refractivity contribution in [2.24, 2.45) is 0 Å². The third-order valence-corrected chi connectivity index (χ3v) is 3.96. The van der Waals surface area contributed by atoms with Gasteiger partial charge in [0, 0.05) is 33.3 Å². The van der Waals surface area contributed by atoms with Crippen LogP contribution >= 0.6 is 0 Å². The van der Waals surface area contributed by atoms with Crippen molar-refractivity contribution in [1.82, 2.24) is 15.5 Å². The van der Waals surface area contributed by atoms with Gasteiger partial charge in [0.25, 0.3) is 5.91 Å². The Bertz CT molecular complexity index is 904. The fourth-order valence-electron chi connectivity index (χ4n) is 2.51. The second-order valence-corrected chi connectivity index (χ2v) is 6.26. The number of carbonyl (C=O) groups is 1. The van der Waals surface area contributed by atoms with Gasteiger partial charge >= 0.3 is 0 Å². The molecule has 27 heavy (non-hydrogen) atoms. The van der Waals surface area contributed by atoms with Gasteiger partial charge < -0.3 is 19.5 Å². The van der Waals surface area contributed by atoms with E-state index in [0.717, 1.165) is 11.3 Å². The summed E-state index contributed by atoms with van der Waals surface area (Å²) in [6, 6.07) is 15.1. The van der Waals surface area contributed by atoms with Crippen LogP contribution in [0.2, 0.25) is 0 Å². The number of nitrogens with one attached hydrogen (secondary N) is 1. The second-order valence-electron chi connectivity index (χ2n) is 6.26. The molecule has 0 bridgehead atoms. The van der Waals surface area contributed by atoms with Gasteiger partial charge in [0.2, 0.25) is 11.7 Å². The molecule has 7 nitrogen and oxygen atoms in total. The number of benzene rings is 2. The van der Waals surface area contributed by atoms with E-state index >= 15 is 0 Å². The molecule has 0 saturated heterocycles. The number of hydrogen-bond donors (Lipinski definition) is 1. The van der Waals surface area contributed by atoms with Gasteiger partial charge in [-0.1, -0.05) is 29.4 Å². The topological polar surface area (TPSA) is 80.5 Å². The minimum Gasteiger partial charge on any atom is -0.485 e. The minimum absolute atomic E-state index is 0.133. The number of aryl methyl sites for hydroxylation is 1. The Hall–Kier alpha value is -3.35. The number of para-hydroxylation sites is 1. The summed E-state index contributed by atoms with van der Waals surface area (Å²) in [6.45, 7) is 2.28. The third kappa shape index (κ3) is 4.84. The average molecular weight is 366 g/mol. The van der Waals surface area contributed by atoms with E-state index in [4.69, 9.17) is 9.26 Å². The van der Waals surface area contributed by atoms with Crippen molar-refractivity contribution in [2.45, 2.75) is 20.1 Å². The van der Waals surface area contributed by atoms with E-state index in [-0.39, 0.29) is 12.5 Å². The molecule has 3 rings (SSSR count). The van der Waals surface area contributed by atoms with Crippen LogP contribution in [0.4, 0.5) is 5.69 Å². The number of carbonyl (C=O) groups excluding carboxylic acids is 1. The Labute approximate surface area is 158 Å². The van der Waals surface area contributed by atoms with E-state index < -0.39 is 0 Å². The molecule has 2 aromatic carbocycles. The zero-order valence-electron chi connectivity index (χ0n) is 15.6. The molecule has 1 aromatic heterocycles. The van der Waals surface area contributed by atoms with Gasteiger partial charge in [-0.25, -0.2) is 0 Å². The first kappa shape index (κ1) is 18.4. The Balaban J connectivity index is 1.62. The zero-order chi connectivity index (χ0) is 19.2. The molecule has 0 aliphatic carbocycles. The summed E-state index contributed by atoms with van der Waals surface area (Å²) in [6.07, 6.45) is 0. The van der Waals surface area contributed by atoms with E-state index in [1.807, 2.05) is 49.3 Å². The van der Waals surface area contributed by atoms with Crippen molar-refractivity contribution in [3.8, 4) is 5.75 Å². The zero-order valence-corrected chi connectivity index (χ0v) is 15.6. The summed E-state index contributed by atoms with van der Waals surface area (Å²) in [7, 11) is 3.98. The molecular formula is C20H22N4O3. The summed E-state index contributed by atoms with van der Waals surface area (Å²) in [5, 5.41) is 6.71. The standard InChI is InChI=1S/C20H22N4O3/c1-14-22-19(23-27-14)13-26-18-7-5-4-6-17(18)20(25)21-12-15-8-10-16(11-9-15)24(2)3/h4-11H,12-13H2,1-3H3,(H,21,25). The van der Waals surface area contributed by atoms with Crippen LogP contribution in [0.15, 0.2) is 53.1 Å². The van der Waals surface area contributed by atoms with Crippen LogP contribution in [0.1, 0.15) is 27.6 Å². The Morgan fingerprint density at radius 1 is 1.15 bits per heavy atom. The van der Waals surface area contributed by atoms with E-state index in [1.54, 1.807) is 25.1 Å². The van der Waals surface area contributed by atoms with Crippen LogP contribution in [0.25, 0.3) is 0 Å². The first-order valence-corrected chi connectivity index (χ1v) is 8.58. The predicted molar refractivity (Wildman–Crippen MR) is 102 cm³/mol. The summed E-state index contributed by atoms with van der Waals surface area (Å²) >= 11 is 0. The molecule has 1 heterocycles. The lowest BCUT2D eigenvalue weighted by molar-refractivity contribution is 0.0946. The molecule has 0 spiro atoms. The lowest BCUT2D eigenvalue weighted by Crippen LogP contribution is -2.23. The van der Waals surface area contributed by atoms with Crippen LogP contribution in [0, 0.1) is 6.92 Å². The van der Waals surface area contributed by atoms with Crippen LogP contribution in [0.3, 0.4) is 0 Å². The van der Waals surface area contributed by atoms with E-state index in [0.29, 0.717) is 29.6 Å². The molecule has 0 atom stereocenters. The number of nitrogens with zero attached hydrogens (tertiary/aromatic N) is 3. The van der Waals surface area contributed by atoms with Crippen LogP contribution < -0.4 is 15.0 Å². The molecule has 0 saturated carbocycles. The number of rotatable bonds is 7. The van der Waals surface area contributed by atoms with Gasteiger partial charge in [0.05, 0.1) is 5.56 Å². The molecule has 0 unspecified atom stereocenters. The summed E-state index contributed by atoms with van der Waals surface area (Å²) < 4.78 is 10.6. The van der Waals surface area contributed by atoms with Gasteiger partial charge in [0.1, 0.15) is 5.75 Å². The fourth-order valence-corrected chi connectivity index (χ4v) is 2.51. The fraction of sp³-hybridized carbons (Fsp3) is 0.250. The molecule has 0 fully saturated rings. The third-order valence-electron chi connectivity index (χ3n) is 3.96. The molecule has 0 radical (unpaired) electrons. The molecule has 0 aliphatic heterocycles. The molecule has 7 heteroatoms. The van der Waals surface area contributed by atoms with Crippen LogP contribution in [-0.2, 0) is 13.2 Å². The molecular weight excluding hydrogens is 344 g/mol. The van der Waals surface area contributed by atoms with Gasteiger partial charge in [-0.05, 0) is 29.8 Å². The summed E-state index contributed by atoms with van der Waals surface area (Å²) in [5.74, 6) is 1.18.